The minimum absolute atomic E-state index is 0.112. The number of Topliss-reactive ketones (excluding diaryl/α,β-unsaturated/α-hetero) is 1. The monoisotopic (exact) mass is 354 g/mol. The molecule has 0 aliphatic rings. The Labute approximate surface area is 120 Å². The second-order valence-electron chi connectivity index (χ2n) is 3.92. The van der Waals surface area contributed by atoms with Crippen molar-refractivity contribution < 1.29 is 32.6 Å². The number of ketones is 1. The van der Waals surface area contributed by atoms with E-state index >= 15 is 0 Å². The van der Waals surface area contributed by atoms with Crippen molar-refractivity contribution in [2.45, 2.75) is 24.5 Å². The van der Waals surface area contributed by atoms with Crippen LogP contribution in [0.2, 0.25) is 0 Å². The number of ether oxygens (including phenoxy) is 1. The molecule has 0 saturated carbocycles. The van der Waals surface area contributed by atoms with Gasteiger partial charge >= 0.3 is 12.3 Å². The molecule has 20 heavy (non-hydrogen) atoms. The van der Waals surface area contributed by atoms with Crippen LogP contribution in [-0.4, -0.2) is 28.0 Å². The van der Waals surface area contributed by atoms with Crippen LogP contribution in [0.3, 0.4) is 0 Å². The predicted octanol–water partition coefficient (Wildman–Crippen LogP) is 3.18. The topological polar surface area (TPSA) is 63.6 Å². The fourth-order valence-electron chi connectivity index (χ4n) is 1.51. The summed E-state index contributed by atoms with van der Waals surface area (Å²) in [7, 11) is 0. The number of alkyl halides is 4. The van der Waals surface area contributed by atoms with Crippen LogP contribution in [-0.2, 0) is 11.2 Å². The fourth-order valence-corrected chi connectivity index (χ4v) is 1.76. The van der Waals surface area contributed by atoms with Gasteiger partial charge in [-0.1, -0.05) is 22.0 Å². The van der Waals surface area contributed by atoms with Gasteiger partial charge in [0.25, 0.3) is 0 Å². The largest absolute Gasteiger partial charge is 0.573 e. The van der Waals surface area contributed by atoms with E-state index in [4.69, 9.17) is 5.11 Å². The average Bonchev–Trinajstić information content (AvgIpc) is 2.27. The fraction of sp³-hybridized carbons (Fsp3) is 0.333. The molecule has 0 fully saturated rings. The molecule has 0 saturated heterocycles. The third-order valence-electron chi connectivity index (χ3n) is 2.28. The highest BCUT2D eigenvalue weighted by atomic mass is 79.9. The van der Waals surface area contributed by atoms with Crippen LogP contribution in [0.15, 0.2) is 18.2 Å². The Bertz CT molecular complexity index is 526. The number of hydrogen-bond donors (Lipinski definition) is 1. The lowest BCUT2D eigenvalue weighted by molar-refractivity contribution is -0.274. The van der Waals surface area contributed by atoms with Gasteiger partial charge in [-0.2, -0.15) is 0 Å². The Kier molecular flexibility index (Phi) is 5.15. The van der Waals surface area contributed by atoms with Crippen LogP contribution >= 0.6 is 15.9 Å². The molecule has 0 radical (unpaired) electrons. The van der Waals surface area contributed by atoms with Crippen molar-refractivity contribution in [3.8, 4) is 5.75 Å². The summed E-state index contributed by atoms with van der Waals surface area (Å²) in [6.45, 7) is 1.49. The van der Waals surface area contributed by atoms with Crippen LogP contribution in [0.25, 0.3) is 0 Å². The van der Waals surface area contributed by atoms with Gasteiger partial charge in [0.2, 0.25) is 0 Å². The third-order valence-corrected chi connectivity index (χ3v) is 2.70. The van der Waals surface area contributed by atoms with Gasteiger partial charge in [0, 0.05) is 5.56 Å². The summed E-state index contributed by atoms with van der Waals surface area (Å²) in [4.78, 5) is 21.9. The molecule has 4 nitrogen and oxygen atoms in total. The standard InChI is InChI=1S/C12H10BrF3O4/c1-6(13)11(19)9-5-8(20-12(14,15)16)3-2-7(9)4-10(17)18/h2-3,5-6H,4H2,1H3,(H,17,18). The first-order valence-corrected chi connectivity index (χ1v) is 6.30. The SMILES string of the molecule is CC(Br)C(=O)c1cc(OC(F)(F)F)ccc1CC(=O)O. The normalized spacial score (nSPS) is 12.8. The first-order valence-electron chi connectivity index (χ1n) is 5.39. The van der Waals surface area contributed by atoms with E-state index in [0.717, 1.165) is 18.2 Å². The summed E-state index contributed by atoms with van der Waals surface area (Å²) in [5.41, 5.74) is 0.0156. The Morgan fingerprint density at radius 2 is 2.00 bits per heavy atom. The van der Waals surface area contributed by atoms with E-state index in [1.165, 1.54) is 6.92 Å². The lowest BCUT2D eigenvalue weighted by Crippen LogP contribution is -2.19. The van der Waals surface area contributed by atoms with Crippen molar-refractivity contribution in [1.82, 2.24) is 0 Å². The van der Waals surface area contributed by atoms with Crippen LogP contribution in [0.4, 0.5) is 13.2 Å². The van der Waals surface area contributed by atoms with E-state index in [1.807, 2.05) is 0 Å². The van der Waals surface area contributed by atoms with Crippen LogP contribution < -0.4 is 4.74 Å². The molecule has 8 heteroatoms. The second-order valence-corrected chi connectivity index (χ2v) is 5.29. The number of aliphatic carboxylic acids is 1. The van der Waals surface area contributed by atoms with E-state index in [2.05, 4.69) is 20.7 Å². The highest BCUT2D eigenvalue weighted by Crippen LogP contribution is 2.26. The number of rotatable bonds is 5. The average molecular weight is 355 g/mol. The van der Waals surface area contributed by atoms with E-state index in [9.17, 15) is 22.8 Å². The zero-order valence-electron chi connectivity index (χ0n) is 10.2. The van der Waals surface area contributed by atoms with E-state index < -0.39 is 35.1 Å². The summed E-state index contributed by atoms with van der Waals surface area (Å²) in [6.07, 6.45) is -5.35. The summed E-state index contributed by atoms with van der Waals surface area (Å²) < 4.78 is 40.1. The Balaban J connectivity index is 3.21. The minimum Gasteiger partial charge on any atom is -0.481 e. The number of halogens is 4. The molecule has 1 N–H and O–H groups in total. The zero-order chi connectivity index (χ0) is 15.5. The number of carbonyl (C=O) groups excluding carboxylic acids is 1. The van der Waals surface area contributed by atoms with Crippen molar-refractivity contribution in [3.05, 3.63) is 29.3 Å². The van der Waals surface area contributed by atoms with Crippen molar-refractivity contribution >= 4 is 27.7 Å². The van der Waals surface area contributed by atoms with Crippen molar-refractivity contribution in [2.75, 3.05) is 0 Å². The highest BCUT2D eigenvalue weighted by Gasteiger charge is 2.31. The molecule has 0 aromatic heterocycles. The quantitative estimate of drug-likeness (QED) is 0.651. The van der Waals surface area contributed by atoms with Gasteiger partial charge < -0.3 is 9.84 Å². The van der Waals surface area contributed by atoms with Crippen molar-refractivity contribution in [3.63, 3.8) is 0 Å². The Morgan fingerprint density at radius 1 is 1.40 bits per heavy atom. The summed E-state index contributed by atoms with van der Waals surface area (Å²) in [6, 6.07) is 3.01. The molecule has 1 aromatic carbocycles. The summed E-state index contributed by atoms with van der Waals surface area (Å²) in [5.74, 6) is -2.28. The number of carbonyl (C=O) groups is 2. The molecule has 1 aromatic rings. The first kappa shape index (κ1) is 16.5. The van der Waals surface area contributed by atoms with Gasteiger partial charge in [-0.25, -0.2) is 0 Å². The van der Waals surface area contributed by atoms with Gasteiger partial charge in [0.1, 0.15) is 5.75 Å². The molecular formula is C12H10BrF3O4. The van der Waals surface area contributed by atoms with Crippen LogP contribution in [0.1, 0.15) is 22.8 Å². The molecule has 1 atom stereocenters. The molecule has 110 valence electrons. The first-order chi connectivity index (χ1) is 9.10. The van der Waals surface area contributed by atoms with Crippen LogP contribution in [0, 0.1) is 0 Å². The van der Waals surface area contributed by atoms with Crippen molar-refractivity contribution in [1.29, 1.82) is 0 Å². The maximum atomic E-state index is 12.1. The molecule has 0 heterocycles. The van der Waals surface area contributed by atoms with Gasteiger partial charge in [-0.15, -0.1) is 13.2 Å². The molecule has 0 amide bonds. The lowest BCUT2D eigenvalue weighted by Gasteiger charge is -2.13. The number of carboxylic acids is 1. The van der Waals surface area contributed by atoms with E-state index in [-0.39, 0.29) is 11.1 Å². The number of hydrogen-bond acceptors (Lipinski definition) is 3. The molecule has 0 aliphatic heterocycles. The second kappa shape index (κ2) is 6.25. The zero-order valence-corrected chi connectivity index (χ0v) is 11.8. The minimum atomic E-state index is -4.88. The Morgan fingerprint density at radius 3 is 2.45 bits per heavy atom. The third kappa shape index (κ3) is 4.84. The van der Waals surface area contributed by atoms with Crippen LogP contribution in [0.5, 0.6) is 5.75 Å². The van der Waals surface area contributed by atoms with E-state index in [0.29, 0.717) is 0 Å². The molecule has 0 spiro atoms. The summed E-state index contributed by atoms with van der Waals surface area (Å²) in [5, 5.41) is 8.73. The van der Waals surface area contributed by atoms with Gasteiger partial charge in [0.05, 0.1) is 11.2 Å². The van der Waals surface area contributed by atoms with E-state index in [1.54, 1.807) is 0 Å². The van der Waals surface area contributed by atoms with Gasteiger partial charge in [0.15, 0.2) is 5.78 Å². The maximum Gasteiger partial charge on any atom is 0.573 e. The smallest absolute Gasteiger partial charge is 0.481 e. The van der Waals surface area contributed by atoms with Crippen molar-refractivity contribution in [2.24, 2.45) is 0 Å². The summed E-state index contributed by atoms with van der Waals surface area (Å²) >= 11 is 3.00. The van der Waals surface area contributed by atoms with Gasteiger partial charge in [-0.3, -0.25) is 9.59 Å². The highest BCUT2D eigenvalue weighted by molar-refractivity contribution is 9.10. The number of carboxylic acid groups (broad SMARTS) is 1. The Hall–Kier alpha value is -1.57. The predicted molar refractivity (Wildman–Crippen MR) is 67.2 cm³/mol. The van der Waals surface area contributed by atoms with Gasteiger partial charge in [-0.05, 0) is 24.6 Å². The molecule has 1 rings (SSSR count). The lowest BCUT2D eigenvalue weighted by atomic mass is 9.99. The molecule has 0 bridgehead atoms. The molecular weight excluding hydrogens is 345 g/mol. The molecule has 1 unspecified atom stereocenters. The maximum absolute atomic E-state index is 12.1. The molecule has 0 aliphatic carbocycles. The number of benzene rings is 1.